The molecule has 0 aliphatic carbocycles. The van der Waals surface area contributed by atoms with Crippen molar-refractivity contribution in [2.24, 2.45) is 0 Å². The Morgan fingerprint density at radius 1 is 1.38 bits per heavy atom. The van der Waals surface area contributed by atoms with Crippen LogP contribution in [0.5, 0.6) is 0 Å². The van der Waals surface area contributed by atoms with E-state index in [1.165, 1.54) is 6.07 Å². The second kappa shape index (κ2) is 5.13. The van der Waals surface area contributed by atoms with Crippen molar-refractivity contribution in [1.82, 2.24) is 4.90 Å². The molecule has 1 aromatic rings. The molecule has 0 aromatic heterocycles. The predicted octanol–water partition coefficient (Wildman–Crippen LogP) is 2.61. The molecule has 88 valence electrons. The number of nitrogens with zero attached hydrogens (tertiary/aromatic N) is 1. The number of hydrogen-bond acceptors (Lipinski definition) is 2. The highest BCUT2D eigenvalue weighted by atomic mass is 35.5. The molecule has 1 saturated heterocycles. The van der Waals surface area contributed by atoms with Gasteiger partial charge >= 0.3 is 0 Å². The van der Waals surface area contributed by atoms with E-state index in [4.69, 9.17) is 11.6 Å². The minimum absolute atomic E-state index is 0.219. The van der Waals surface area contributed by atoms with Crippen LogP contribution in [0.25, 0.3) is 0 Å². The monoisotopic (exact) mass is 243 g/mol. The van der Waals surface area contributed by atoms with Crippen LogP contribution in [-0.4, -0.2) is 29.6 Å². The van der Waals surface area contributed by atoms with E-state index in [-0.39, 0.29) is 5.56 Å². The number of halogens is 2. The highest BCUT2D eigenvalue weighted by Gasteiger charge is 2.21. The Balaban J connectivity index is 2.10. The van der Waals surface area contributed by atoms with Gasteiger partial charge in [-0.2, -0.15) is 0 Å². The second-order valence-corrected chi connectivity index (χ2v) is 4.57. The summed E-state index contributed by atoms with van der Waals surface area (Å²) >= 11 is 5.89. The first-order valence-electron chi connectivity index (χ1n) is 5.53. The summed E-state index contributed by atoms with van der Waals surface area (Å²) in [6.45, 7) is 2.41. The molecule has 1 aromatic carbocycles. The van der Waals surface area contributed by atoms with E-state index < -0.39 is 11.9 Å². The fourth-order valence-corrected chi connectivity index (χ4v) is 2.42. The summed E-state index contributed by atoms with van der Waals surface area (Å²) < 4.78 is 13.5. The van der Waals surface area contributed by atoms with Gasteiger partial charge in [0.05, 0.1) is 6.10 Å². The van der Waals surface area contributed by atoms with Crippen LogP contribution in [0.3, 0.4) is 0 Å². The molecule has 0 spiro atoms. The fraction of sp³-hybridized carbons (Fsp3) is 0.500. The predicted molar refractivity (Wildman–Crippen MR) is 62.0 cm³/mol. The Hall–Kier alpha value is -0.640. The number of likely N-dealkylation sites (tertiary alicyclic amines) is 1. The van der Waals surface area contributed by atoms with E-state index in [9.17, 15) is 9.50 Å². The second-order valence-electron chi connectivity index (χ2n) is 4.16. The Morgan fingerprint density at radius 3 is 2.69 bits per heavy atom. The van der Waals surface area contributed by atoms with Gasteiger partial charge < -0.3 is 10.0 Å². The smallest absolute Gasteiger partial charge is 0.130 e. The third-order valence-corrected chi connectivity index (χ3v) is 3.29. The molecule has 1 unspecified atom stereocenters. The van der Waals surface area contributed by atoms with Crippen LogP contribution in [0.15, 0.2) is 18.2 Å². The molecule has 0 bridgehead atoms. The van der Waals surface area contributed by atoms with Crippen LogP contribution >= 0.6 is 11.6 Å². The molecule has 1 atom stereocenters. The third kappa shape index (κ3) is 2.54. The van der Waals surface area contributed by atoms with E-state index in [2.05, 4.69) is 4.90 Å². The third-order valence-electron chi connectivity index (χ3n) is 2.96. The molecule has 0 saturated carbocycles. The van der Waals surface area contributed by atoms with Gasteiger partial charge in [-0.15, -0.1) is 0 Å². The maximum absolute atomic E-state index is 13.5. The highest BCUT2D eigenvalue weighted by molar-refractivity contribution is 6.31. The summed E-state index contributed by atoms with van der Waals surface area (Å²) in [6.07, 6.45) is 1.46. The lowest BCUT2D eigenvalue weighted by molar-refractivity contribution is 0.123. The summed E-state index contributed by atoms with van der Waals surface area (Å²) in [6, 6.07) is 4.48. The Morgan fingerprint density at radius 2 is 2.06 bits per heavy atom. The normalized spacial score (nSPS) is 18.9. The number of aliphatic hydroxyl groups is 1. The van der Waals surface area contributed by atoms with Crippen molar-refractivity contribution in [3.05, 3.63) is 34.6 Å². The number of β-amino-alcohol motifs (C(OH)–C–C–N with tert-alkyl or cyclic N) is 1. The molecular weight excluding hydrogens is 229 g/mol. The minimum Gasteiger partial charge on any atom is -0.387 e. The number of rotatable bonds is 3. The average Bonchev–Trinajstić information content (AvgIpc) is 2.70. The first-order valence-corrected chi connectivity index (χ1v) is 5.90. The molecule has 1 N–H and O–H groups in total. The summed E-state index contributed by atoms with van der Waals surface area (Å²) in [7, 11) is 0. The van der Waals surface area contributed by atoms with Crippen LogP contribution in [-0.2, 0) is 0 Å². The first-order chi connectivity index (χ1) is 7.68. The number of benzene rings is 1. The van der Waals surface area contributed by atoms with Gasteiger partial charge in [-0.3, -0.25) is 0 Å². The minimum atomic E-state index is -0.841. The molecule has 16 heavy (non-hydrogen) atoms. The number of hydrogen-bond donors (Lipinski definition) is 1. The molecule has 2 nitrogen and oxygen atoms in total. The highest BCUT2D eigenvalue weighted by Crippen LogP contribution is 2.27. The van der Waals surface area contributed by atoms with Crippen molar-refractivity contribution < 1.29 is 9.50 Å². The molecular formula is C12H15ClFNO. The van der Waals surface area contributed by atoms with Crippen LogP contribution in [0.2, 0.25) is 5.02 Å². The van der Waals surface area contributed by atoms with E-state index >= 15 is 0 Å². The average molecular weight is 244 g/mol. The molecule has 1 aliphatic rings. The zero-order chi connectivity index (χ0) is 11.5. The molecule has 4 heteroatoms. The van der Waals surface area contributed by atoms with Crippen LogP contribution < -0.4 is 0 Å². The van der Waals surface area contributed by atoms with Gasteiger partial charge in [0.25, 0.3) is 0 Å². The Kier molecular flexibility index (Phi) is 3.79. The van der Waals surface area contributed by atoms with Crippen molar-refractivity contribution >= 4 is 11.6 Å². The first kappa shape index (κ1) is 11.8. The van der Waals surface area contributed by atoms with E-state index in [0.717, 1.165) is 25.9 Å². The molecule has 2 rings (SSSR count). The maximum Gasteiger partial charge on any atom is 0.130 e. The standard InChI is InChI=1S/C12H15ClFNO/c13-9-4-3-5-10(14)12(9)11(16)8-15-6-1-2-7-15/h3-5,11,16H,1-2,6-8H2. The maximum atomic E-state index is 13.5. The van der Waals surface area contributed by atoms with Gasteiger partial charge in [0.15, 0.2) is 0 Å². The van der Waals surface area contributed by atoms with Gasteiger partial charge in [0, 0.05) is 17.1 Å². The van der Waals surface area contributed by atoms with Gasteiger partial charge in [-0.1, -0.05) is 17.7 Å². The van der Waals surface area contributed by atoms with Gasteiger partial charge in [0.2, 0.25) is 0 Å². The fourth-order valence-electron chi connectivity index (χ4n) is 2.13. The van der Waals surface area contributed by atoms with Gasteiger partial charge in [-0.25, -0.2) is 4.39 Å². The van der Waals surface area contributed by atoms with Crippen molar-refractivity contribution in [2.75, 3.05) is 19.6 Å². The summed E-state index contributed by atoms with van der Waals surface area (Å²) in [5.41, 5.74) is 0.219. The van der Waals surface area contributed by atoms with E-state index in [1.807, 2.05) is 0 Å². The topological polar surface area (TPSA) is 23.5 Å². The molecule has 0 amide bonds. The van der Waals surface area contributed by atoms with Crippen LogP contribution in [0.4, 0.5) is 4.39 Å². The molecule has 1 fully saturated rings. The molecule has 1 aliphatic heterocycles. The van der Waals surface area contributed by atoms with Crippen molar-refractivity contribution in [3.63, 3.8) is 0 Å². The summed E-state index contributed by atoms with van der Waals surface area (Å²) in [5.74, 6) is -0.431. The largest absolute Gasteiger partial charge is 0.387 e. The summed E-state index contributed by atoms with van der Waals surface area (Å²) in [4.78, 5) is 2.13. The van der Waals surface area contributed by atoms with Crippen molar-refractivity contribution in [1.29, 1.82) is 0 Å². The molecule has 1 heterocycles. The van der Waals surface area contributed by atoms with E-state index in [1.54, 1.807) is 12.1 Å². The zero-order valence-electron chi connectivity index (χ0n) is 9.00. The Labute approximate surface area is 99.6 Å². The quantitative estimate of drug-likeness (QED) is 0.882. The summed E-state index contributed by atoms with van der Waals surface area (Å²) in [5, 5.41) is 10.3. The van der Waals surface area contributed by atoms with Crippen LogP contribution in [0, 0.1) is 5.82 Å². The van der Waals surface area contributed by atoms with E-state index in [0.29, 0.717) is 11.6 Å². The van der Waals surface area contributed by atoms with Gasteiger partial charge in [0.1, 0.15) is 5.82 Å². The molecule has 0 radical (unpaired) electrons. The lowest BCUT2D eigenvalue weighted by Crippen LogP contribution is -2.26. The van der Waals surface area contributed by atoms with Gasteiger partial charge in [-0.05, 0) is 38.1 Å². The lowest BCUT2D eigenvalue weighted by Gasteiger charge is -2.20. The van der Waals surface area contributed by atoms with Crippen molar-refractivity contribution in [3.8, 4) is 0 Å². The van der Waals surface area contributed by atoms with Crippen LogP contribution in [0.1, 0.15) is 24.5 Å². The lowest BCUT2D eigenvalue weighted by atomic mass is 10.1. The SMILES string of the molecule is OC(CN1CCCC1)c1c(F)cccc1Cl. The Bertz CT molecular complexity index is 346. The zero-order valence-corrected chi connectivity index (χ0v) is 9.75. The van der Waals surface area contributed by atoms with Crippen molar-refractivity contribution in [2.45, 2.75) is 18.9 Å². The number of aliphatic hydroxyl groups excluding tert-OH is 1.